The molecule has 1 aliphatic carbocycles. The monoisotopic (exact) mass is 305 g/mol. The molecule has 2 aromatic carbocycles. The Kier molecular flexibility index (Phi) is 4.43. The predicted octanol–water partition coefficient (Wildman–Crippen LogP) is 4.01. The van der Waals surface area contributed by atoms with E-state index in [9.17, 15) is 10.1 Å². The molecule has 3 nitrogen and oxygen atoms in total. The molecule has 0 fully saturated rings. The van der Waals surface area contributed by atoms with Crippen molar-refractivity contribution in [3.05, 3.63) is 71.3 Å². The highest BCUT2D eigenvalue weighted by Gasteiger charge is 2.36. The Hall–Kier alpha value is -2.60. The minimum Gasteiger partial charge on any atom is -0.469 e. The van der Waals surface area contributed by atoms with Crippen LogP contribution in [0.15, 0.2) is 54.6 Å². The second-order valence-corrected chi connectivity index (χ2v) is 5.97. The van der Waals surface area contributed by atoms with E-state index in [-0.39, 0.29) is 30.1 Å². The molecule has 23 heavy (non-hydrogen) atoms. The second-order valence-electron chi connectivity index (χ2n) is 5.97. The van der Waals surface area contributed by atoms with Gasteiger partial charge in [-0.15, -0.1) is 0 Å². The van der Waals surface area contributed by atoms with E-state index in [2.05, 4.69) is 24.3 Å². The van der Waals surface area contributed by atoms with Crippen molar-refractivity contribution < 1.29 is 9.53 Å². The van der Waals surface area contributed by atoms with Crippen LogP contribution in [0.5, 0.6) is 0 Å². The van der Waals surface area contributed by atoms with Crippen LogP contribution in [0, 0.1) is 17.2 Å². The summed E-state index contributed by atoms with van der Waals surface area (Å²) in [4.78, 5) is 11.8. The number of carbonyl (C=O) groups excluding carboxylic acids is 1. The topological polar surface area (TPSA) is 50.1 Å². The molecule has 0 amide bonds. The van der Waals surface area contributed by atoms with Gasteiger partial charge in [0.1, 0.15) is 0 Å². The van der Waals surface area contributed by atoms with Gasteiger partial charge in [-0.05, 0) is 29.0 Å². The van der Waals surface area contributed by atoms with Crippen LogP contribution < -0.4 is 0 Å². The van der Waals surface area contributed by atoms with E-state index in [1.165, 1.54) is 18.2 Å². The fourth-order valence-corrected chi connectivity index (χ4v) is 3.61. The van der Waals surface area contributed by atoms with E-state index in [1.807, 2.05) is 36.4 Å². The van der Waals surface area contributed by atoms with Gasteiger partial charge in [0.25, 0.3) is 0 Å². The number of esters is 1. The van der Waals surface area contributed by atoms with E-state index in [4.69, 9.17) is 4.74 Å². The minimum absolute atomic E-state index is 0.0208. The number of carbonyl (C=O) groups is 1. The van der Waals surface area contributed by atoms with Crippen molar-refractivity contribution in [2.75, 3.05) is 7.11 Å². The molecule has 0 saturated heterocycles. The van der Waals surface area contributed by atoms with Gasteiger partial charge in [-0.1, -0.05) is 54.6 Å². The number of hydrogen-bond acceptors (Lipinski definition) is 3. The number of methoxy groups -OCH3 is 1. The lowest BCUT2D eigenvalue weighted by molar-refractivity contribution is -0.141. The van der Waals surface area contributed by atoms with Crippen molar-refractivity contribution in [1.82, 2.24) is 0 Å². The largest absolute Gasteiger partial charge is 0.469 e. The number of hydrogen-bond donors (Lipinski definition) is 0. The summed E-state index contributed by atoms with van der Waals surface area (Å²) in [6.07, 6.45) is 1.07. The average Bonchev–Trinajstić information content (AvgIpc) is 2.61. The average molecular weight is 305 g/mol. The van der Waals surface area contributed by atoms with Crippen LogP contribution >= 0.6 is 0 Å². The van der Waals surface area contributed by atoms with Crippen molar-refractivity contribution in [3.63, 3.8) is 0 Å². The van der Waals surface area contributed by atoms with Crippen molar-refractivity contribution in [3.8, 4) is 6.07 Å². The molecule has 0 bridgehead atoms. The summed E-state index contributed by atoms with van der Waals surface area (Å²) in [6.45, 7) is 0. The highest BCUT2D eigenvalue weighted by atomic mass is 16.5. The Morgan fingerprint density at radius 2 is 1.78 bits per heavy atom. The SMILES string of the molecule is COC(=O)C[C@@H]1C[C@H](c2ccccc2)c2ccccc2[C@@H]1C#N. The Morgan fingerprint density at radius 1 is 1.13 bits per heavy atom. The quantitative estimate of drug-likeness (QED) is 0.805. The summed E-state index contributed by atoms with van der Waals surface area (Å²) >= 11 is 0. The van der Waals surface area contributed by atoms with Crippen LogP contribution in [0.25, 0.3) is 0 Å². The van der Waals surface area contributed by atoms with Gasteiger partial charge in [-0.3, -0.25) is 4.79 Å². The molecule has 0 saturated carbocycles. The molecule has 0 N–H and O–H groups in total. The Bertz CT molecular complexity index is 733. The van der Waals surface area contributed by atoms with Gasteiger partial charge in [0.2, 0.25) is 0 Å². The van der Waals surface area contributed by atoms with Crippen LogP contribution in [0.1, 0.15) is 41.4 Å². The Labute approximate surface area is 136 Å². The standard InChI is InChI=1S/C20H19NO2/c1-23-20(22)12-15-11-18(14-7-3-2-4-8-14)16-9-5-6-10-17(16)19(15)13-21/h2-10,15,18-19H,11-12H2,1H3/t15-,18+,19+/m0/s1. The first-order valence-electron chi connectivity index (χ1n) is 7.84. The molecule has 0 radical (unpaired) electrons. The van der Waals surface area contributed by atoms with E-state index in [0.717, 1.165) is 12.0 Å². The first-order valence-corrected chi connectivity index (χ1v) is 7.84. The summed E-state index contributed by atoms with van der Waals surface area (Å²) in [7, 11) is 1.40. The first kappa shape index (κ1) is 15.3. The zero-order valence-electron chi connectivity index (χ0n) is 13.1. The maximum absolute atomic E-state index is 11.8. The third kappa shape index (κ3) is 2.98. The Morgan fingerprint density at radius 3 is 2.43 bits per heavy atom. The van der Waals surface area contributed by atoms with Crippen molar-refractivity contribution in [2.45, 2.75) is 24.7 Å². The third-order valence-electron chi connectivity index (χ3n) is 4.71. The summed E-state index contributed by atoms with van der Waals surface area (Å²) in [5.41, 5.74) is 3.47. The lowest BCUT2D eigenvalue weighted by Gasteiger charge is -2.35. The van der Waals surface area contributed by atoms with Crippen molar-refractivity contribution >= 4 is 5.97 Å². The predicted molar refractivity (Wildman–Crippen MR) is 87.8 cm³/mol. The van der Waals surface area contributed by atoms with Crippen LogP contribution in [0.2, 0.25) is 0 Å². The van der Waals surface area contributed by atoms with E-state index in [0.29, 0.717) is 0 Å². The zero-order valence-corrected chi connectivity index (χ0v) is 13.1. The van der Waals surface area contributed by atoms with E-state index >= 15 is 0 Å². The third-order valence-corrected chi connectivity index (χ3v) is 4.71. The minimum atomic E-state index is -0.259. The number of nitrogens with zero attached hydrogens (tertiary/aromatic N) is 1. The lowest BCUT2D eigenvalue weighted by atomic mass is 9.68. The number of benzene rings is 2. The van der Waals surface area contributed by atoms with Gasteiger partial charge in [0.05, 0.1) is 19.1 Å². The number of nitriles is 1. The molecule has 116 valence electrons. The number of rotatable bonds is 3. The van der Waals surface area contributed by atoms with E-state index < -0.39 is 0 Å². The fraction of sp³-hybridized carbons (Fsp3) is 0.300. The highest BCUT2D eigenvalue weighted by Crippen LogP contribution is 2.46. The van der Waals surface area contributed by atoms with Gasteiger partial charge in [0.15, 0.2) is 0 Å². The molecule has 0 unspecified atom stereocenters. The fourth-order valence-electron chi connectivity index (χ4n) is 3.61. The van der Waals surface area contributed by atoms with Crippen molar-refractivity contribution in [1.29, 1.82) is 5.26 Å². The maximum atomic E-state index is 11.8. The molecule has 3 rings (SSSR count). The highest BCUT2D eigenvalue weighted by molar-refractivity contribution is 5.70. The molecule has 0 aromatic heterocycles. The maximum Gasteiger partial charge on any atom is 0.305 e. The lowest BCUT2D eigenvalue weighted by Crippen LogP contribution is -2.26. The Balaban J connectivity index is 2.04. The molecule has 0 spiro atoms. The normalized spacial score (nSPS) is 22.7. The van der Waals surface area contributed by atoms with Crippen molar-refractivity contribution in [2.24, 2.45) is 5.92 Å². The van der Waals surface area contributed by atoms with Gasteiger partial charge in [-0.2, -0.15) is 5.26 Å². The van der Waals surface area contributed by atoms with Crippen LogP contribution in [0.4, 0.5) is 0 Å². The zero-order chi connectivity index (χ0) is 16.2. The molecule has 0 heterocycles. The van der Waals surface area contributed by atoms with E-state index in [1.54, 1.807) is 0 Å². The molecule has 0 aliphatic heterocycles. The summed E-state index contributed by atoms with van der Waals surface area (Å²) in [5.74, 6) is -0.314. The molecular formula is C20H19NO2. The van der Waals surface area contributed by atoms with Crippen LogP contribution in [-0.4, -0.2) is 13.1 Å². The molecule has 1 aliphatic rings. The molecule has 3 atom stereocenters. The molecule has 2 aromatic rings. The van der Waals surface area contributed by atoms with Gasteiger partial charge >= 0.3 is 5.97 Å². The van der Waals surface area contributed by atoms with Gasteiger partial charge in [-0.25, -0.2) is 0 Å². The van der Waals surface area contributed by atoms with Crippen LogP contribution in [0.3, 0.4) is 0 Å². The summed E-state index contributed by atoms with van der Waals surface area (Å²) < 4.78 is 4.83. The molecular weight excluding hydrogens is 286 g/mol. The molecule has 3 heteroatoms. The van der Waals surface area contributed by atoms with Gasteiger partial charge in [0, 0.05) is 12.3 Å². The van der Waals surface area contributed by atoms with Gasteiger partial charge < -0.3 is 4.74 Å². The summed E-state index contributed by atoms with van der Waals surface area (Å²) in [5, 5.41) is 9.65. The number of ether oxygens (including phenoxy) is 1. The smallest absolute Gasteiger partial charge is 0.305 e. The summed E-state index contributed by atoms with van der Waals surface area (Å²) in [6, 6.07) is 20.8. The second kappa shape index (κ2) is 6.66. The van der Waals surface area contributed by atoms with Crippen LogP contribution in [-0.2, 0) is 9.53 Å². The first-order chi connectivity index (χ1) is 11.2. The number of fused-ring (bicyclic) bond motifs is 1.